The minimum Gasteiger partial charge on any atom is -0.323 e. The number of rotatable bonds is 4. The van der Waals surface area contributed by atoms with Crippen molar-refractivity contribution >= 4 is 40.3 Å². The second-order valence-electron chi connectivity index (χ2n) is 7.50. The van der Waals surface area contributed by atoms with Crippen molar-refractivity contribution in [2.45, 2.75) is 38.3 Å². The van der Waals surface area contributed by atoms with Gasteiger partial charge in [-0.2, -0.15) is 10.2 Å². The van der Waals surface area contributed by atoms with Crippen LogP contribution in [0.25, 0.3) is 0 Å². The first-order valence-electron chi connectivity index (χ1n) is 9.69. The van der Waals surface area contributed by atoms with Crippen LogP contribution in [0.4, 0.5) is 15.9 Å². The van der Waals surface area contributed by atoms with E-state index in [2.05, 4.69) is 37.4 Å². The smallest absolute Gasteiger partial charge is 0.323 e. The van der Waals surface area contributed by atoms with Crippen molar-refractivity contribution in [3.05, 3.63) is 29.0 Å². The molecule has 0 aliphatic carbocycles. The number of anilines is 2. The molecule has 2 aromatic rings. The van der Waals surface area contributed by atoms with Gasteiger partial charge in [-0.1, -0.05) is 0 Å². The summed E-state index contributed by atoms with van der Waals surface area (Å²) in [7, 11) is 0. The third-order valence-electron chi connectivity index (χ3n) is 5.55. The van der Waals surface area contributed by atoms with Gasteiger partial charge >= 0.3 is 6.03 Å². The van der Waals surface area contributed by atoms with E-state index in [0.29, 0.717) is 31.1 Å². The van der Waals surface area contributed by atoms with Gasteiger partial charge in [-0.25, -0.2) is 19.7 Å². The number of nitrogens with zero attached hydrogens (tertiary/aromatic N) is 6. The standard InChI is InChI=1S/C19H20N8O3S/c1-11(14-10-23-17(31-14)24-12(2)28)26-5-3-19(4-6-26)15(29)27(18(30)25-19)16-21-8-13(7-20)9-22-16/h8-11H,3-6H2,1-2H3,(H,25,30)(H,23,24,28). The summed E-state index contributed by atoms with van der Waals surface area (Å²) in [4.78, 5) is 53.2. The predicted molar refractivity (Wildman–Crippen MR) is 111 cm³/mol. The molecule has 1 unspecified atom stereocenters. The fourth-order valence-corrected chi connectivity index (χ4v) is 4.74. The minimum atomic E-state index is -0.986. The molecule has 31 heavy (non-hydrogen) atoms. The Morgan fingerprint density at radius 2 is 1.94 bits per heavy atom. The molecule has 160 valence electrons. The molecule has 4 amide bonds. The lowest BCUT2D eigenvalue weighted by Gasteiger charge is -2.39. The van der Waals surface area contributed by atoms with Gasteiger partial charge in [0.1, 0.15) is 11.6 Å². The summed E-state index contributed by atoms with van der Waals surface area (Å²) in [5.41, 5.74) is -0.739. The molecule has 12 heteroatoms. The molecule has 0 bridgehead atoms. The van der Waals surface area contributed by atoms with Crippen LogP contribution in [0.15, 0.2) is 18.6 Å². The number of likely N-dealkylation sites (tertiary alicyclic amines) is 1. The van der Waals surface area contributed by atoms with Gasteiger partial charge in [0.25, 0.3) is 5.91 Å². The molecule has 0 radical (unpaired) electrons. The maximum Gasteiger partial charge on any atom is 0.332 e. The molecule has 2 fully saturated rings. The van der Waals surface area contributed by atoms with E-state index in [0.717, 1.165) is 9.78 Å². The lowest BCUT2D eigenvalue weighted by atomic mass is 9.87. The van der Waals surface area contributed by atoms with Crippen LogP contribution < -0.4 is 15.5 Å². The van der Waals surface area contributed by atoms with Crippen LogP contribution >= 0.6 is 11.3 Å². The summed E-state index contributed by atoms with van der Waals surface area (Å²) in [5.74, 6) is -0.579. The Labute approximate surface area is 182 Å². The van der Waals surface area contributed by atoms with E-state index in [1.807, 2.05) is 6.07 Å². The van der Waals surface area contributed by atoms with E-state index in [9.17, 15) is 14.4 Å². The second kappa shape index (κ2) is 8.01. The summed E-state index contributed by atoms with van der Waals surface area (Å²) < 4.78 is 0. The number of piperidine rings is 1. The summed E-state index contributed by atoms with van der Waals surface area (Å²) in [6, 6.07) is 1.41. The normalized spacial score (nSPS) is 19.2. The Hall–Kier alpha value is -3.43. The fraction of sp³-hybridized carbons (Fsp3) is 0.421. The number of amides is 4. The van der Waals surface area contributed by atoms with Crippen LogP contribution in [0.5, 0.6) is 0 Å². The number of carbonyl (C=O) groups is 3. The molecular formula is C19H20N8O3S. The molecular weight excluding hydrogens is 420 g/mol. The average molecular weight is 440 g/mol. The molecule has 0 aromatic carbocycles. The molecule has 2 saturated heterocycles. The number of hydrogen-bond donors (Lipinski definition) is 2. The monoisotopic (exact) mass is 440 g/mol. The molecule has 1 atom stereocenters. The number of nitrogens with one attached hydrogen (secondary N) is 2. The molecule has 11 nitrogen and oxygen atoms in total. The van der Waals surface area contributed by atoms with Crippen molar-refractivity contribution in [2.75, 3.05) is 23.3 Å². The number of aromatic nitrogens is 3. The van der Waals surface area contributed by atoms with Crippen molar-refractivity contribution in [1.82, 2.24) is 25.2 Å². The molecule has 2 aromatic heterocycles. The first-order valence-corrected chi connectivity index (χ1v) is 10.5. The lowest BCUT2D eigenvalue weighted by molar-refractivity contribution is -0.124. The van der Waals surface area contributed by atoms with Crippen molar-refractivity contribution in [3.8, 4) is 6.07 Å². The van der Waals surface area contributed by atoms with E-state index >= 15 is 0 Å². The molecule has 4 heterocycles. The number of hydrogen-bond acceptors (Lipinski definition) is 9. The van der Waals surface area contributed by atoms with Crippen LogP contribution in [-0.2, 0) is 9.59 Å². The molecule has 1 spiro atoms. The zero-order valence-corrected chi connectivity index (χ0v) is 17.8. The highest BCUT2D eigenvalue weighted by molar-refractivity contribution is 7.15. The maximum atomic E-state index is 13.1. The third-order valence-corrected chi connectivity index (χ3v) is 6.63. The van der Waals surface area contributed by atoms with Gasteiger partial charge in [0.2, 0.25) is 11.9 Å². The highest BCUT2D eigenvalue weighted by atomic mass is 32.1. The average Bonchev–Trinajstić information content (AvgIpc) is 3.30. The van der Waals surface area contributed by atoms with Crippen LogP contribution in [0.2, 0.25) is 0 Å². The van der Waals surface area contributed by atoms with E-state index in [1.165, 1.54) is 30.7 Å². The highest BCUT2D eigenvalue weighted by Crippen LogP contribution is 2.35. The van der Waals surface area contributed by atoms with Crippen LogP contribution in [-0.4, -0.2) is 56.3 Å². The summed E-state index contributed by atoms with van der Waals surface area (Å²) in [5, 5.41) is 14.9. The van der Waals surface area contributed by atoms with Gasteiger partial charge < -0.3 is 10.6 Å². The second-order valence-corrected chi connectivity index (χ2v) is 8.56. The van der Waals surface area contributed by atoms with Gasteiger partial charge in [-0.3, -0.25) is 14.5 Å². The molecule has 2 aliphatic heterocycles. The lowest BCUT2D eigenvalue weighted by Crippen LogP contribution is -2.55. The Morgan fingerprint density at radius 1 is 1.26 bits per heavy atom. The first kappa shape index (κ1) is 20.8. The minimum absolute atomic E-state index is 0.0377. The number of urea groups is 1. The van der Waals surface area contributed by atoms with Gasteiger partial charge in [0.05, 0.1) is 18.0 Å². The van der Waals surface area contributed by atoms with Crippen molar-refractivity contribution in [1.29, 1.82) is 5.26 Å². The molecule has 4 rings (SSSR count). The maximum absolute atomic E-state index is 13.1. The molecule has 0 saturated carbocycles. The van der Waals surface area contributed by atoms with Crippen molar-refractivity contribution in [3.63, 3.8) is 0 Å². The van der Waals surface area contributed by atoms with Crippen LogP contribution in [0.1, 0.15) is 43.2 Å². The first-order chi connectivity index (χ1) is 14.8. The van der Waals surface area contributed by atoms with Gasteiger partial charge in [0, 0.05) is 37.1 Å². The summed E-state index contributed by atoms with van der Waals surface area (Å²) in [6.07, 6.45) is 5.21. The van der Waals surface area contributed by atoms with Crippen molar-refractivity contribution < 1.29 is 14.4 Å². The number of imide groups is 1. The number of thiazole rings is 1. The predicted octanol–water partition coefficient (Wildman–Crippen LogP) is 1.42. The Morgan fingerprint density at radius 3 is 2.55 bits per heavy atom. The largest absolute Gasteiger partial charge is 0.332 e. The van der Waals surface area contributed by atoms with Crippen LogP contribution in [0, 0.1) is 11.3 Å². The number of carbonyl (C=O) groups excluding carboxylic acids is 3. The fourth-order valence-electron chi connectivity index (χ4n) is 3.80. The zero-order valence-electron chi connectivity index (χ0n) is 17.0. The highest BCUT2D eigenvalue weighted by Gasteiger charge is 2.54. The topological polar surface area (TPSA) is 144 Å². The van der Waals surface area contributed by atoms with Gasteiger partial charge in [-0.05, 0) is 19.8 Å². The Bertz CT molecular complexity index is 1070. The SMILES string of the molecule is CC(=O)Nc1ncc(C(C)N2CCC3(CC2)NC(=O)N(c2ncc(C#N)cn2)C3=O)s1. The Kier molecular flexibility index (Phi) is 5.38. The summed E-state index contributed by atoms with van der Waals surface area (Å²) in [6.45, 7) is 4.69. The van der Waals surface area contributed by atoms with Gasteiger partial charge in [-0.15, -0.1) is 11.3 Å². The summed E-state index contributed by atoms with van der Waals surface area (Å²) >= 11 is 1.42. The third kappa shape index (κ3) is 3.85. The van der Waals surface area contributed by atoms with Gasteiger partial charge in [0.15, 0.2) is 5.13 Å². The van der Waals surface area contributed by atoms with Crippen molar-refractivity contribution in [2.24, 2.45) is 0 Å². The molecule has 2 N–H and O–H groups in total. The molecule has 2 aliphatic rings. The van der Waals surface area contributed by atoms with E-state index in [1.54, 1.807) is 6.20 Å². The van der Waals surface area contributed by atoms with E-state index in [-0.39, 0.29) is 29.4 Å². The quantitative estimate of drug-likeness (QED) is 0.679. The Balaban J connectivity index is 1.44. The van der Waals surface area contributed by atoms with E-state index in [4.69, 9.17) is 5.26 Å². The van der Waals surface area contributed by atoms with E-state index < -0.39 is 11.6 Å². The zero-order chi connectivity index (χ0) is 22.2. The van der Waals surface area contributed by atoms with Crippen LogP contribution in [0.3, 0.4) is 0 Å². The number of nitriles is 1.